The molecule has 1 N–H and O–H groups in total. The van der Waals surface area contributed by atoms with E-state index in [-0.39, 0.29) is 5.56 Å². The highest BCUT2D eigenvalue weighted by Crippen LogP contribution is 2.14. The van der Waals surface area contributed by atoms with E-state index in [2.05, 4.69) is 10.1 Å². The Morgan fingerprint density at radius 3 is 3.10 bits per heavy atom. The molecule has 0 aliphatic carbocycles. The maximum absolute atomic E-state index is 10.5. The molecule has 0 spiro atoms. The average Bonchev–Trinajstić information content (AvgIpc) is 2.40. The van der Waals surface area contributed by atoms with Gasteiger partial charge in [-0.3, -0.25) is 5.32 Å². The molecule has 1 rings (SSSR count). The van der Waals surface area contributed by atoms with Crippen LogP contribution in [0.1, 0.15) is 0 Å². The minimum atomic E-state index is -0.632. The van der Waals surface area contributed by atoms with Crippen molar-refractivity contribution in [2.45, 2.75) is 5.56 Å². The number of rotatable bonds is 1. The summed E-state index contributed by atoms with van der Waals surface area (Å²) in [4.78, 5) is 10.5. The van der Waals surface area contributed by atoms with Crippen molar-refractivity contribution < 1.29 is 14.3 Å². The molecule has 0 aromatic heterocycles. The van der Waals surface area contributed by atoms with E-state index in [1.165, 1.54) is 7.11 Å². The summed E-state index contributed by atoms with van der Waals surface area (Å²) in [5.41, 5.74) is -0.215. The fourth-order valence-corrected chi connectivity index (χ4v) is 1.44. The lowest BCUT2D eigenvalue weighted by atomic mass is 10.8. The van der Waals surface area contributed by atoms with Crippen molar-refractivity contribution in [2.75, 3.05) is 19.4 Å². The van der Waals surface area contributed by atoms with E-state index in [0.717, 1.165) is 12.3 Å². The first-order valence-corrected chi connectivity index (χ1v) is 3.97. The molecule has 0 aromatic rings. The molecule has 1 saturated heterocycles. The monoisotopic (exact) mass is 163 g/mol. The Morgan fingerprint density at radius 1 is 1.80 bits per heavy atom. The molecule has 0 aromatic carbocycles. The van der Waals surface area contributed by atoms with Crippen LogP contribution in [0.4, 0.5) is 4.79 Å². The van der Waals surface area contributed by atoms with Gasteiger partial charge in [-0.15, -0.1) is 11.8 Å². The van der Waals surface area contributed by atoms with Crippen LogP contribution in [-0.4, -0.2) is 31.1 Å². The van der Waals surface area contributed by atoms with Crippen molar-refractivity contribution in [3.8, 4) is 0 Å². The Morgan fingerprint density at radius 2 is 2.60 bits per heavy atom. The predicted molar refractivity (Wildman–Crippen MR) is 37.7 cm³/mol. The van der Waals surface area contributed by atoms with Gasteiger partial charge in [0.05, 0.1) is 7.11 Å². The number of ether oxygens (including phenoxy) is 2. The van der Waals surface area contributed by atoms with E-state index in [1.807, 2.05) is 0 Å². The third kappa shape index (κ3) is 2.07. The molecule has 0 saturated carbocycles. The fraction of sp³-hybridized carbons (Fsp3) is 0.800. The second kappa shape index (κ2) is 3.68. The number of hydrogen-bond acceptors (Lipinski definition) is 5. The molecule has 1 fully saturated rings. The van der Waals surface area contributed by atoms with Gasteiger partial charge >= 0.3 is 6.16 Å². The summed E-state index contributed by atoms with van der Waals surface area (Å²) < 4.78 is 9.05. The number of thioether (sulfide) groups is 1. The van der Waals surface area contributed by atoms with E-state index >= 15 is 0 Å². The predicted octanol–water partition coefficient (Wildman–Crippen LogP) is 0.389. The molecule has 5 heteroatoms. The SMILES string of the molecule is COC(=O)OC1NCCS1. The third-order valence-electron chi connectivity index (χ3n) is 1.05. The van der Waals surface area contributed by atoms with Gasteiger partial charge in [0.15, 0.2) is 0 Å². The maximum atomic E-state index is 10.5. The van der Waals surface area contributed by atoms with Gasteiger partial charge in [0.25, 0.3) is 0 Å². The summed E-state index contributed by atoms with van der Waals surface area (Å²) in [5.74, 6) is 0.974. The number of hydrogen-bond donors (Lipinski definition) is 1. The van der Waals surface area contributed by atoms with Crippen LogP contribution in [0.5, 0.6) is 0 Å². The van der Waals surface area contributed by atoms with Crippen molar-refractivity contribution in [3.63, 3.8) is 0 Å². The molecular formula is C5H9NO3S. The summed E-state index contributed by atoms with van der Waals surface area (Å²) in [6.45, 7) is 0.881. The van der Waals surface area contributed by atoms with Crippen molar-refractivity contribution in [1.82, 2.24) is 5.32 Å². The molecule has 1 aliphatic heterocycles. The van der Waals surface area contributed by atoms with Crippen LogP contribution in [0.2, 0.25) is 0 Å². The first kappa shape index (κ1) is 7.68. The molecule has 0 radical (unpaired) electrons. The Balaban J connectivity index is 2.17. The molecule has 10 heavy (non-hydrogen) atoms. The Labute approximate surface area is 63.3 Å². The fourth-order valence-electron chi connectivity index (χ4n) is 0.613. The van der Waals surface area contributed by atoms with Crippen molar-refractivity contribution in [3.05, 3.63) is 0 Å². The minimum Gasteiger partial charge on any atom is -0.438 e. The summed E-state index contributed by atoms with van der Waals surface area (Å²) in [6, 6.07) is 0. The number of nitrogens with one attached hydrogen (secondary N) is 1. The third-order valence-corrected chi connectivity index (χ3v) is 2.06. The van der Waals surface area contributed by atoms with Crippen molar-refractivity contribution >= 4 is 17.9 Å². The second-order valence-electron chi connectivity index (χ2n) is 1.73. The van der Waals surface area contributed by atoms with Gasteiger partial charge in [0, 0.05) is 12.3 Å². The smallest absolute Gasteiger partial charge is 0.438 e. The highest BCUT2D eigenvalue weighted by atomic mass is 32.2. The van der Waals surface area contributed by atoms with Crippen LogP contribution in [0, 0.1) is 0 Å². The minimum absolute atomic E-state index is 0.215. The largest absolute Gasteiger partial charge is 0.510 e. The zero-order chi connectivity index (χ0) is 7.40. The summed E-state index contributed by atoms with van der Waals surface area (Å²) >= 11 is 1.55. The molecule has 4 nitrogen and oxygen atoms in total. The van der Waals surface area contributed by atoms with Gasteiger partial charge in [0.1, 0.15) is 0 Å². The lowest BCUT2D eigenvalue weighted by molar-refractivity contribution is 0.0580. The first-order chi connectivity index (χ1) is 4.83. The van der Waals surface area contributed by atoms with Crippen LogP contribution in [0.15, 0.2) is 0 Å². The number of methoxy groups -OCH3 is 1. The quantitative estimate of drug-likeness (QED) is 0.566. The van der Waals surface area contributed by atoms with Crippen LogP contribution in [0.3, 0.4) is 0 Å². The molecule has 1 unspecified atom stereocenters. The highest BCUT2D eigenvalue weighted by Gasteiger charge is 2.18. The van der Waals surface area contributed by atoms with Crippen LogP contribution < -0.4 is 5.32 Å². The highest BCUT2D eigenvalue weighted by molar-refractivity contribution is 8.00. The molecule has 0 bridgehead atoms. The van der Waals surface area contributed by atoms with E-state index in [1.54, 1.807) is 11.8 Å². The Hall–Kier alpha value is -0.420. The summed E-state index contributed by atoms with van der Waals surface area (Å²) in [5, 5.41) is 2.96. The van der Waals surface area contributed by atoms with Crippen LogP contribution >= 0.6 is 11.8 Å². The Bertz CT molecular complexity index is 124. The standard InChI is InChI=1S/C5H9NO3S/c1-8-5(7)9-4-6-2-3-10-4/h4,6H,2-3H2,1H3. The van der Waals surface area contributed by atoms with Gasteiger partial charge in [-0.1, -0.05) is 0 Å². The molecule has 58 valence electrons. The zero-order valence-corrected chi connectivity index (χ0v) is 6.44. The number of carbonyl (C=O) groups excluding carboxylic acids is 1. The molecular weight excluding hydrogens is 154 g/mol. The topological polar surface area (TPSA) is 47.6 Å². The molecule has 1 atom stereocenters. The van der Waals surface area contributed by atoms with Crippen molar-refractivity contribution in [2.24, 2.45) is 0 Å². The van der Waals surface area contributed by atoms with E-state index < -0.39 is 6.16 Å². The number of carbonyl (C=O) groups is 1. The summed E-state index contributed by atoms with van der Waals surface area (Å²) in [7, 11) is 1.29. The van der Waals surface area contributed by atoms with Gasteiger partial charge in [-0.25, -0.2) is 4.79 Å². The van der Waals surface area contributed by atoms with Gasteiger partial charge in [0.2, 0.25) is 5.56 Å². The van der Waals surface area contributed by atoms with Crippen LogP contribution in [0.25, 0.3) is 0 Å². The second-order valence-corrected chi connectivity index (χ2v) is 2.90. The maximum Gasteiger partial charge on any atom is 0.510 e. The normalized spacial score (nSPS) is 24.3. The lowest BCUT2D eigenvalue weighted by Crippen LogP contribution is -2.25. The lowest BCUT2D eigenvalue weighted by Gasteiger charge is -2.08. The average molecular weight is 163 g/mol. The van der Waals surface area contributed by atoms with E-state index in [0.29, 0.717) is 0 Å². The molecule has 1 heterocycles. The summed E-state index contributed by atoms with van der Waals surface area (Å²) in [6.07, 6.45) is -0.632. The first-order valence-electron chi connectivity index (χ1n) is 2.92. The molecule has 0 amide bonds. The Kier molecular flexibility index (Phi) is 2.82. The van der Waals surface area contributed by atoms with Gasteiger partial charge in [-0.05, 0) is 0 Å². The van der Waals surface area contributed by atoms with E-state index in [4.69, 9.17) is 4.74 Å². The van der Waals surface area contributed by atoms with E-state index in [9.17, 15) is 4.79 Å². The zero-order valence-electron chi connectivity index (χ0n) is 5.62. The van der Waals surface area contributed by atoms with Crippen LogP contribution in [-0.2, 0) is 9.47 Å². The van der Waals surface area contributed by atoms with Crippen molar-refractivity contribution in [1.29, 1.82) is 0 Å². The van der Waals surface area contributed by atoms with Gasteiger partial charge < -0.3 is 9.47 Å². The molecule has 1 aliphatic rings. The van der Waals surface area contributed by atoms with Gasteiger partial charge in [-0.2, -0.15) is 0 Å².